The van der Waals surface area contributed by atoms with Gasteiger partial charge in [0.25, 0.3) is 0 Å². The molecule has 106 valence electrons. The number of anilines is 1. The number of hydrogen-bond donors (Lipinski definition) is 2. The van der Waals surface area contributed by atoms with Crippen LogP contribution in [0.25, 0.3) is 0 Å². The molecule has 0 aromatic heterocycles. The Labute approximate surface area is 113 Å². The molecule has 0 aliphatic heterocycles. The predicted molar refractivity (Wildman–Crippen MR) is 72.6 cm³/mol. The van der Waals surface area contributed by atoms with E-state index in [4.69, 9.17) is 5.73 Å². The van der Waals surface area contributed by atoms with Crippen LogP contribution in [-0.4, -0.2) is 14.5 Å². The van der Waals surface area contributed by atoms with Crippen molar-refractivity contribution in [3.8, 4) is 0 Å². The lowest BCUT2D eigenvalue weighted by atomic mass is 9.88. The van der Waals surface area contributed by atoms with Crippen molar-refractivity contribution < 1.29 is 12.8 Å². The average molecular weight is 286 g/mol. The number of sulfonamides is 1. The minimum Gasteiger partial charge on any atom is -0.399 e. The van der Waals surface area contributed by atoms with Crippen LogP contribution in [0.15, 0.2) is 23.1 Å². The molecule has 1 aromatic rings. The molecule has 2 unspecified atom stereocenters. The second-order valence-electron chi connectivity index (χ2n) is 5.28. The van der Waals surface area contributed by atoms with Crippen LogP contribution in [0.3, 0.4) is 0 Å². The molecule has 3 N–H and O–H groups in total. The molecule has 1 fully saturated rings. The van der Waals surface area contributed by atoms with Gasteiger partial charge in [-0.25, -0.2) is 17.5 Å². The highest BCUT2D eigenvalue weighted by molar-refractivity contribution is 7.89. The van der Waals surface area contributed by atoms with Gasteiger partial charge in [-0.05, 0) is 37.0 Å². The predicted octanol–water partition coefficient (Wildman–Crippen LogP) is 2.26. The van der Waals surface area contributed by atoms with E-state index in [1.807, 2.05) is 0 Å². The maximum Gasteiger partial charge on any atom is 0.243 e. The van der Waals surface area contributed by atoms with Crippen LogP contribution in [0.1, 0.15) is 32.6 Å². The van der Waals surface area contributed by atoms with E-state index < -0.39 is 15.8 Å². The number of nitrogens with two attached hydrogens (primary N) is 1. The molecule has 1 aliphatic carbocycles. The molecule has 2 atom stereocenters. The van der Waals surface area contributed by atoms with Gasteiger partial charge in [-0.3, -0.25) is 0 Å². The molecule has 1 aromatic carbocycles. The molecular formula is C13H19FN2O2S. The molecule has 4 nitrogen and oxygen atoms in total. The van der Waals surface area contributed by atoms with Gasteiger partial charge in [-0.1, -0.05) is 19.8 Å². The molecule has 1 saturated carbocycles. The summed E-state index contributed by atoms with van der Waals surface area (Å²) in [7, 11) is -3.84. The van der Waals surface area contributed by atoms with Crippen LogP contribution < -0.4 is 10.5 Å². The quantitative estimate of drug-likeness (QED) is 0.837. The summed E-state index contributed by atoms with van der Waals surface area (Å²) < 4.78 is 40.6. The maximum atomic E-state index is 13.6. The lowest BCUT2D eigenvalue weighted by molar-refractivity contribution is 0.327. The van der Waals surface area contributed by atoms with Gasteiger partial charge >= 0.3 is 0 Å². The van der Waals surface area contributed by atoms with E-state index in [9.17, 15) is 12.8 Å². The molecule has 0 heterocycles. The number of hydrogen-bond acceptors (Lipinski definition) is 3. The van der Waals surface area contributed by atoms with E-state index in [0.717, 1.165) is 37.8 Å². The van der Waals surface area contributed by atoms with Gasteiger partial charge < -0.3 is 5.73 Å². The Morgan fingerprint density at radius 2 is 2.11 bits per heavy atom. The van der Waals surface area contributed by atoms with Crippen molar-refractivity contribution in [3.63, 3.8) is 0 Å². The van der Waals surface area contributed by atoms with Gasteiger partial charge in [-0.2, -0.15) is 0 Å². The van der Waals surface area contributed by atoms with E-state index in [1.54, 1.807) is 0 Å². The molecule has 19 heavy (non-hydrogen) atoms. The number of nitrogens with one attached hydrogen (secondary N) is 1. The first-order chi connectivity index (χ1) is 8.88. The minimum absolute atomic E-state index is 0.116. The van der Waals surface area contributed by atoms with Gasteiger partial charge in [0.15, 0.2) is 0 Å². The van der Waals surface area contributed by atoms with E-state index in [-0.39, 0.29) is 16.6 Å². The number of benzene rings is 1. The summed E-state index contributed by atoms with van der Waals surface area (Å²) in [6, 6.07) is 3.46. The molecule has 0 radical (unpaired) electrons. The van der Waals surface area contributed by atoms with Crippen molar-refractivity contribution in [2.24, 2.45) is 5.92 Å². The van der Waals surface area contributed by atoms with Gasteiger partial charge in [0.05, 0.1) is 0 Å². The Hall–Kier alpha value is -1.14. The summed E-state index contributed by atoms with van der Waals surface area (Å²) >= 11 is 0. The van der Waals surface area contributed by atoms with Gasteiger partial charge in [0, 0.05) is 11.7 Å². The SMILES string of the molecule is CC1CCCC(NS(=O)(=O)c2cc(N)ccc2F)C1. The molecule has 6 heteroatoms. The monoisotopic (exact) mass is 286 g/mol. The zero-order valence-electron chi connectivity index (χ0n) is 10.9. The van der Waals surface area contributed by atoms with Crippen molar-refractivity contribution in [2.75, 3.05) is 5.73 Å². The smallest absolute Gasteiger partial charge is 0.243 e. The summed E-state index contributed by atoms with van der Waals surface area (Å²) in [5.74, 6) is -0.280. The lowest BCUT2D eigenvalue weighted by Crippen LogP contribution is -2.38. The largest absolute Gasteiger partial charge is 0.399 e. The highest BCUT2D eigenvalue weighted by atomic mass is 32.2. The van der Waals surface area contributed by atoms with Crippen LogP contribution in [0.4, 0.5) is 10.1 Å². The summed E-state index contributed by atoms with van der Waals surface area (Å²) in [4.78, 5) is -0.370. The molecule has 0 spiro atoms. The molecule has 1 aliphatic rings. The van der Waals surface area contributed by atoms with Crippen LogP contribution in [-0.2, 0) is 10.0 Å². The summed E-state index contributed by atoms with van der Waals surface area (Å²) in [6.07, 6.45) is 3.70. The first kappa shape index (κ1) is 14.3. The highest BCUT2D eigenvalue weighted by Crippen LogP contribution is 2.25. The van der Waals surface area contributed by atoms with E-state index >= 15 is 0 Å². The van der Waals surface area contributed by atoms with E-state index in [1.165, 1.54) is 6.07 Å². The second kappa shape index (κ2) is 5.46. The fraction of sp³-hybridized carbons (Fsp3) is 0.538. The maximum absolute atomic E-state index is 13.6. The standard InChI is InChI=1S/C13H19FN2O2S/c1-9-3-2-4-11(7-9)16-19(17,18)13-8-10(15)5-6-12(13)14/h5-6,8-9,11,16H,2-4,7,15H2,1H3. The van der Waals surface area contributed by atoms with Crippen LogP contribution in [0.5, 0.6) is 0 Å². The van der Waals surface area contributed by atoms with Crippen molar-refractivity contribution in [1.29, 1.82) is 0 Å². The van der Waals surface area contributed by atoms with E-state index in [0.29, 0.717) is 5.92 Å². The van der Waals surface area contributed by atoms with E-state index in [2.05, 4.69) is 11.6 Å². The van der Waals surface area contributed by atoms with Crippen LogP contribution >= 0.6 is 0 Å². The molecule has 0 bridgehead atoms. The molecular weight excluding hydrogens is 267 g/mol. The van der Waals surface area contributed by atoms with Crippen molar-refractivity contribution in [2.45, 2.75) is 43.5 Å². The van der Waals surface area contributed by atoms with Crippen LogP contribution in [0.2, 0.25) is 0 Å². The Kier molecular flexibility index (Phi) is 4.10. The average Bonchev–Trinajstić information content (AvgIpc) is 2.31. The van der Waals surface area contributed by atoms with Crippen molar-refractivity contribution in [1.82, 2.24) is 4.72 Å². The van der Waals surface area contributed by atoms with Crippen LogP contribution in [0, 0.1) is 11.7 Å². The first-order valence-electron chi connectivity index (χ1n) is 6.46. The number of nitrogen functional groups attached to an aromatic ring is 1. The number of halogens is 1. The Morgan fingerprint density at radius 1 is 1.37 bits per heavy atom. The normalized spacial score (nSPS) is 24.3. The summed E-state index contributed by atoms with van der Waals surface area (Å²) in [6.45, 7) is 2.10. The molecule has 2 rings (SSSR count). The minimum atomic E-state index is -3.84. The zero-order valence-corrected chi connectivity index (χ0v) is 11.7. The summed E-state index contributed by atoms with van der Waals surface area (Å²) in [5, 5.41) is 0. The van der Waals surface area contributed by atoms with Gasteiger partial charge in [0.2, 0.25) is 10.0 Å². The third-order valence-electron chi connectivity index (χ3n) is 3.50. The van der Waals surface area contributed by atoms with Gasteiger partial charge in [0.1, 0.15) is 10.7 Å². The lowest BCUT2D eigenvalue weighted by Gasteiger charge is -2.27. The molecule has 0 saturated heterocycles. The first-order valence-corrected chi connectivity index (χ1v) is 7.94. The Balaban J connectivity index is 2.20. The third-order valence-corrected chi connectivity index (χ3v) is 5.04. The second-order valence-corrected chi connectivity index (χ2v) is 6.96. The Bertz CT molecular complexity index is 560. The topological polar surface area (TPSA) is 72.2 Å². The third kappa shape index (κ3) is 3.45. The van der Waals surface area contributed by atoms with Gasteiger partial charge in [-0.15, -0.1) is 0 Å². The fourth-order valence-electron chi connectivity index (χ4n) is 2.55. The summed E-state index contributed by atoms with van der Waals surface area (Å²) in [5.41, 5.74) is 5.76. The zero-order chi connectivity index (χ0) is 14.0. The highest BCUT2D eigenvalue weighted by Gasteiger charge is 2.26. The van der Waals surface area contributed by atoms with Crippen molar-refractivity contribution in [3.05, 3.63) is 24.0 Å². The number of rotatable bonds is 3. The Morgan fingerprint density at radius 3 is 2.79 bits per heavy atom. The van der Waals surface area contributed by atoms with Crippen molar-refractivity contribution >= 4 is 15.7 Å². The fourth-order valence-corrected chi connectivity index (χ4v) is 3.95. The molecule has 0 amide bonds.